The number of carbonyl (C=O) groups is 2. The summed E-state index contributed by atoms with van der Waals surface area (Å²) in [5.74, 6) is 0.919. The van der Waals surface area contributed by atoms with E-state index in [0.717, 1.165) is 11.3 Å². The van der Waals surface area contributed by atoms with Crippen LogP contribution in [0, 0.1) is 11.8 Å². The van der Waals surface area contributed by atoms with Crippen LogP contribution in [0.15, 0.2) is 58.8 Å². The molecular weight excluding hydrogens is 332 g/mol. The van der Waals surface area contributed by atoms with Crippen molar-refractivity contribution in [2.75, 3.05) is 6.79 Å². The van der Waals surface area contributed by atoms with E-state index in [-0.39, 0.29) is 30.4 Å². The topological polar surface area (TPSA) is 77.0 Å². The van der Waals surface area contributed by atoms with Crippen molar-refractivity contribution in [1.29, 1.82) is 0 Å². The van der Waals surface area contributed by atoms with Crippen molar-refractivity contribution in [2.24, 2.45) is 16.8 Å². The molecule has 6 heteroatoms. The standard InChI is InChI=1S/C20H18N2O4/c1-11(2)15-9-19(23)22-16-8-13(4-5-14(15)16)21-20(24)12-3-6-17-18(7-12)26-10-25-17/h3-9,11,14H,10H2,1-2H3,(H,22,23). The molecule has 132 valence electrons. The number of ether oxygens (including phenoxy) is 2. The highest BCUT2D eigenvalue weighted by molar-refractivity contribution is 6.14. The normalized spacial score (nSPS) is 22.0. The maximum absolute atomic E-state index is 12.5. The van der Waals surface area contributed by atoms with Gasteiger partial charge in [-0.1, -0.05) is 19.9 Å². The minimum atomic E-state index is -0.375. The van der Waals surface area contributed by atoms with Crippen LogP contribution in [0.25, 0.3) is 0 Å². The lowest BCUT2D eigenvalue weighted by Crippen LogP contribution is -2.34. The van der Waals surface area contributed by atoms with E-state index in [2.05, 4.69) is 24.2 Å². The van der Waals surface area contributed by atoms with Crippen molar-refractivity contribution < 1.29 is 19.1 Å². The lowest BCUT2D eigenvalue weighted by Gasteiger charge is -2.29. The predicted octanol–water partition coefficient (Wildman–Crippen LogP) is 2.78. The number of amides is 2. The third kappa shape index (κ3) is 2.94. The average Bonchev–Trinajstić information content (AvgIpc) is 3.08. The number of hydrogen-bond acceptors (Lipinski definition) is 4. The average molecular weight is 350 g/mol. The molecular formula is C20H18N2O4. The zero-order chi connectivity index (χ0) is 18.3. The summed E-state index contributed by atoms with van der Waals surface area (Å²) < 4.78 is 10.5. The van der Waals surface area contributed by atoms with Crippen molar-refractivity contribution in [1.82, 2.24) is 5.32 Å². The van der Waals surface area contributed by atoms with Gasteiger partial charge in [0.25, 0.3) is 5.91 Å². The fourth-order valence-corrected chi connectivity index (χ4v) is 3.23. The molecule has 0 saturated heterocycles. The summed E-state index contributed by atoms with van der Waals surface area (Å²) in [6.07, 6.45) is 7.18. The van der Waals surface area contributed by atoms with E-state index in [1.165, 1.54) is 0 Å². The van der Waals surface area contributed by atoms with Gasteiger partial charge in [0.05, 0.1) is 5.71 Å². The fourth-order valence-electron chi connectivity index (χ4n) is 3.23. The zero-order valence-electron chi connectivity index (χ0n) is 14.5. The molecule has 0 saturated carbocycles. The fraction of sp³-hybridized carbons (Fsp3) is 0.250. The maximum Gasteiger partial charge on any atom is 0.277 e. The monoisotopic (exact) mass is 350 g/mol. The third-order valence-electron chi connectivity index (χ3n) is 4.54. The molecule has 4 rings (SSSR count). The number of hydrogen-bond donors (Lipinski definition) is 1. The molecule has 0 spiro atoms. The second kappa shape index (κ2) is 6.29. The highest BCUT2D eigenvalue weighted by Gasteiger charge is 2.28. The SMILES string of the molecule is CC(C)C1=CC(=O)NC2=CC(=NC(=O)c3ccc4c(c3)OCO4)C=CC21. The van der Waals surface area contributed by atoms with E-state index >= 15 is 0 Å². The van der Waals surface area contributed by atoms with Crippen LogP contribution >= 0.6 is 0 Å². The molecule has 1 atom stereocenters. The third-order valence-corrected chi connectivity index (χ3v) is 4.54. The molecule has 2 amide bonds. The van der Waals surface area contributed by atoms with Gasteiger partial charge >= 0.3 is 0 Å². The van der Waals surface area contributed by atoms with Crippen LogP contribution in [0.4, 0.5) is 0 Å². The summed E-state index contributed by atoms with van der Waals surface area (Å²) >= 11 is 0. The smallest absolute Gasteiger partial charge is 0.277 e. The first-order valence-electron chi connectivity index (χ1n) is 8.46. The van der Waals surface area contributed by atoms with Gasteiger partial charge in [0.15, 0.2) is 11.5 Å². The number of benzene rings is 1. The summed E-state index contributed by atoms with van der Waals surface area (Å²) in [6.45, 7) is 4.27. The van der Waals surface area contributed by atoms with Crippen LogP contribution in [-0.4, -0.2) is 24.3 Å². The van der Waals surface area contributed by atoms with Crippen molar-refractivity contribution in [3.63, 3.8) is 0 Å². The Morgan fingerprint density at radius 1 is 1.23 bits per heavy atom. The van der Waals surface area contributed by atoms with Crippen molar-refractivity contribution in [3.8, 4) is 11.5 Å². The summed E-state index contributed by atoms with van der Waals surface area (Å²) in [5, 5.41) is 2.85. The number of allylic oxidation sites excluding steroid dienone is 3. The number of nitrogens with zero attached hydrogens (tertiary/aromatic N) is 1. The predicted molar refractivity (Wildman–Crippen MR) is 96.1 cm³/mol. The van der Waals surface area contributed by atoms with Gasteiger partial charge in [-0.15, -0.1) is 0 Å². The van der Waals surface area contributed by atoms with E-state index < -0.39 is 0 Å². The van der Waals surface area contributed by atoms with Gasteiger partial charge < -0.3 is 14.8 Å². The summed E-state index contributed by atoms with van der Waals surface area (Å²) in [5.41, 5.74) is 2.73. The summed E-state index contributed by atoms with van der Waals surface area (Å²) in [4.78, 5) is 28.5. The summed E-state index contributed by atoms with van der Waals surface area (Å²) in [6, 6.07) is 4.98. The molecule has 0 aromatic heterocycles. The quantitative estimate of drug-likeness (QED) is 0.890. The first-order valence-corrected chi connectivity index (χ1v) is 8.46. The van der Waals surface area contributed by atoms with Crippen molar-refractivity contribution >= 4 is 17.5 Å². The Bertz CT molecular complexity index is 922. The molecule has 1 N–H and O–H groups in total. The highest BCUT2D eigenvalue weighted by Crippen LogP contribution is 2.33. The lowest BCUT2D eigenvalue weighted by molar-refractivity contribution is -0.116. The number of fused-ring (bicyclic) bond motifs is 2. The second-order valence-corrected chi connectivity index (χ2v) is 6.63. The maximum atomic E-state index is 12.5. The van der Waals surface area contributed by atoms with Gasteiger partial charge in [0, 0.05) is 23.3 Å². The molecule has 26 heavy (non-hydrogen) atoms. The first-order chi connectivity index (χ1) is 12.5. The Labute approximate surface area is 150 Å². The molecule has 1 unspecified atom stereocenters. The Hall–Kier alpha value is -3.15. The van der Waals surface area contributed by atoms with Gasteiger partial charge in [-0.3, -0.25) is 9.59 Å². The van der Waals surface area contributed by atoms with Crippen LogP contribution in [0.2, 0.25) is 0 Å². The minimum absolute atomic E-state index is 0.0206. The van der Waals surface area contributed by atoms with Gasteiger partial charge in [-0.05, 0) is 41.8 Å². The van der Waals surface area contributed by atoms with Crippen LogP contribution in [0.1, 0.15) is 24.2 Å². The zero-order valence-corrected chi connectivity index (χ0v) is 14.5. The molecule has 6 nitrogen and oxygen atoms in total. The minimum Gasteiger partial charge on any atom is -0.454 e. The summed E-state index contributed by atoms with van der Waals surface area (Å²) in [7, 11) is 0. The van der Waals surface area contributed by atoms with Gasteiger partial charge in [0.2, 0.25) is 12.7 Å². The van der Waals surface area contributed by atoms with E-state index in [1.54, 1.807) is 30.4 Å². The lowest BCUT2D eigenvalue weighted by atomic mass is 9.82. The Morgan fingerprint density at radius 2 is 2.04 bits per heavy atom. The van der Waals surface area contributed by atoms with Crippen LogP contribution in [0.5, 0.6) is 11.5 Å². The number of rotatable bonds is 2. The van der Waals surface area contributed by atoms with Crippen molar-refractivity contribution in [2.45, 2.75) is 13.8 Å². The molecule has 2 aliphatic heterocycles. The van der Waals surface area contributed by atoms with Crippen molar-refractivity contribution in [3.05, 3.63) is 59.3 Å². The molecule has 1 aromatic carbocycles. The van der Waals surface area contributed by atoms with E-state index in [1.807, 2.05) is 12.2 Å². The molecule has 1 aliphatic carbocycles. The Kier molecular flexibility index (Phi) is 3.95. The molecule has 2 heterocycles. The molecule has 0 bridgehead atoms. The van der Waals surface area contributed by atoms with Gasteiger partial charge in [-0.25, -0.2) is 4.99 Å². The molecule has 3 aliphatic rings. The molecule has 1 aromatic rings. The van der Waals surface area contributed by atoms with Crippen LogP contribution in [-0.2, 0) is 4.79 Å². The van der Waals surface area contributed by atoms with Gasteiger partial charge in [0.1, 0.15) is 0 Å². The highest BCUT2D eigenvalue weighted by atomic mass is 16.7. The molecule has 0 fully saturated rings. The number of nitrogens with one attached hydrogen (secondary N) is 1. The second-order valence-electron chi connectivity index (χ2n) is 6.63. The molecule has 0 radical (unpaired) electrons. The van der Waals surface area contributed by atoms with Crippen LogP contribution < -0.4 is 14.8 Å². The van der Waals surface area contributed by atoms with Crippen LogP contribution in [0.3, 0.4) is 0 Å². The largest absolute Gasteiger partial charge is 0.454 e. The number of carbonyl (C=O) groups excluding carboxylic acids is 2. The Balaban J connectivity index is 1.60. The Morgan fingerprint density at radius 3 is 2.85 bits per heavy atom. The number of aliphatic imine (C=N–C) groups is 1. The van der Waals surface area contributed by atoms with E-state index in [9.17, 15) is 9.59 Å². The van der Waals surface area contributed by atoms with Gasteiger partial charge in [-0.2, -0.15) is 0 Å². The first kappa shape index (κ1) is 16.3. The van der Waals surface area contributed by atoms with E-state index in [4.69, 9.17) is 9.47 Å². The van der Waals surface area contributed by atoms with E-state index in [0.29, 0.717) is 22.8 Å².